The number of hydrogen-bond acceptors (Lipinski definition) is 3. The number of thiophene rings is 1. The van der Waals surface area contributed by atoms with Crippen LogP contribution in [0.25, 0.3) is 0 Å². The summed E-state index contributed by atoms with van der Waals surface area (Å²) in [6.45, 7) is 6.04. The molecule has 1 heterocycles. The second-order valence-electron chi connectivity index (χ2n) is 4.36. The van der Waals surface area contributed by atoms with Crippen molar-refractivity contribution < 1.29 is 0 Å². The minimum absolute atomic E-state index is 0.711. The van der Waals surface area contributed by atoms with E-state index in [1.807, 2.05) is 35.6 Å². The molecule has 3 heteroatoms. The first kappa shape index (κ1) is 12.8. The molecule has 0 fully saturated rings. The Labute approximate surface area is 112 Å². The lowest BCUT2D eigenvalue weighted by atomic mass is 10.1. The summed E-state index contributed by atoms with van der Waals surface area (Å²) in [7, 11) is 0. The highest BCUT2D eigenvalue weighted by atomic mass is 32.1. The maximum Gasteiger partial charge on any atom is 0.0991 e. The summed E-state index contributed by atoms with van der Waals surface area (Å²) >= 11 is 1.85. The van der Waals surface area contributed by atoms with E-state index < -0.39 is 0 Å². The molecule has 0 amide bonds. The van der Waals surface area contributed by atoms with Crippen LogP contribution in [-0.2, 0) is 13.1 Å². The summed E-state index contributed by atoms with van der Waals surface area (Å²) in [4.78, 5) is 2.77. The van der Waals surface area contributed by atoms with Crippen LogP contribution in [-0.4, -0.2) is 0 Å². The van der Waals surface area contributed by atoms with Gasteiger partial charge in [0.05, 0.1) is 11.6 Å². The summed E-state index contributed by atoms with van der Waals surface area (Å²) in [5, 5.41) is 12.1. The first-order valence-electron chi connectivity index (χ1n) is 5.94. The van der Waals surface area contributed by atoms with Gasteiger partial charge in [-0.15, -0.1) is 11.3 Å². The van der Waals surface area contributed by atoms with E-state index in [0.717, 1.165) is 13.1 Å². The Morgan fingerprint density at radius 1 is 1.17 bits per heavy atom. The first-order valence-corrected chi connectivity index (χ1v) is 6.76. The molecular formula is C15H16N2S. The van der Waals surface area contributed by atoms with Gasteiger partial charge in [0.1, 0.15) is 0 Å². The van der Waals surface area contributed by atoms with Gasteiger partial charge in [0.15, 0.2) is 0 Å². The van der Waals surface area contributed by atoms with Crippen molar-refractivity contribution in [1.29, 1.82) is 5.26 Å². The van der Waals surface area contributed by atoms with Gasteiger partial charge in [-0.25, -0.2) is 0 Å². The normalized spacial score (nSPS) is 10.3. The van der Waals surface area contributed by atoms with Gasteiger partial charge in [-0.3, -0.25) is 0 Å². The molecule has 0 aliphatic carbocycles. The smallest absolute Gasteiger partial charge is 0.0991 e. The molecule has 0 aliphatic rings. The van der Waals surface area contributed by atoms with E-state index in [1.54, 1.807) is 0 Å². The molecule has 0 aliphatic heterocycles. The van der Waals surface area contributed by atoms with E-state index >= 15 is 0 Å². The Kier molecular flexibility index (Phi) is 4.14. The maximum atomic E-state index is 8.72. The number of nitriles is 1. The van der Waals surface area contributed by atoms with Gasteiger partial charge >= 0.3 is 0 Å². The maximum absolute atomic E-state index is 8.72. The second-order valence-corrected chi connectivity index (χ2v) is 5.71. The van der Waals surface area contributed by atoms with E-state index in [4.69, 9.17) is 5.26 Å². The summed E-state index contributed by atoms with van der Waals surface area (Å²) in [5.41, 5.74) is 3.29. The molecule has 0 unspecified atom stereocenters. The summed E-state index contributed by atoms with van der Waals surface area (Å²) in [6.07, 6.45) is 0. The van der Waals surface area contributed by atoms with Gasteiger partial charge in [-0.1, -0.05) is 12.1 Å². The Morgan fingerprint density at radius 2 is 1.89 bits per heavy atom. The fourth-order valence-corrected chi connectivity index (χ4v) is 2.79. The Bertz CT molecular complexity index is 542. The predicted molar refractivity (Wildman–Crippen MR) is 75.5 cm³/mol. The van der Waals surface area contributed by atoms with Crippen LogP contribution in [0.5, 0.6) is 0 Å². The molecule has 0 atom stereocenters. The van der Waals surface area contributed by atoms with Gasteiger partial charge in [-0.2, -0.15) is 5.26 Å². The van der Waals surface area contributed by atoms with Crippen LogP contribution < -0.4 is 5.32 Å². The van der Waals surface area contributed by atoms with E-state index in [0.29, 0.717) is 5.56 Å². The monoisotopic (exact) mass is 256 g/mol. The minimum atomic E-state index is 0.711. The van der Waals surface area contributed by atoms with Crippen LogP contribution in [0.15, 0.2) is 30.3 Å². The minimum Gasteiger partial charge on any atom is -0.308 e. The number of aryl methyl sites for hydroxylation is 2. The van der Waals surface area contributed by atoms with Crippen LogP contribution in [0.4, 0.5) is 0 Å². The Morgan fingerprint density at radius 3 is 2.44 bits per heavy atom. The predicted octanol–water partition coefficient (Wildman–Crippen LogP) is 3.53. The highest BCUT2D eigenvalue weighted by Crippen LogP contribution is 2.20. The average molecular weight is 256 g/mol. The Balaban J connectivity index is 1.86. The van der Waals surface area contributed by atoms with Crippen molar-refractivity contribution in [3.05, 3.63) is 56.8 Å². The van der Waals surface area contributed by atoms with Gasteiger partial charge in [-0.05, 0) is 43.2 Å². The molecule has 1 aromatic heterocycles. The number of benzene rings is 1. The number of hydrogen-bond donors (Lipinski definition) is 1. The van der Waals surface area contributed by atoms with Crippen LogP contribution in [0.2, 0.25) is 0 Å². The average Bonchev–Trinajstić information content (AvgIpc) is 2.69. The van der Waals surface area contributed by atoms with Crippen molar-refractivity contribution in [2.24, 2.45) is 0 Å². The van der Waals surface area contributed by atoms with Crippen molar-refractivity contribution in [3.8, 4) is 6.07 Å². The third-order valence-electron chi connectivity index (χ3n) is 2.93. The molecule has 1 aromatic carbocycles. The van der Waals surface area contributed by atoms with Crippen LogP contribution in [0, 0.1) is 25.2 Å². The molecule has 0 saturated heterocycles. The van der Waals surface area contributed by atoms with Crippen molar-refractivity contribution in [2.45, 2.75) is 26.9 Å². The van der Waals surface area contributed by atoms with Crippen molar-refractivity contribution in [1.82, 2.24) is 5.32 Å². The zero-order chi connectivity index (χ0) is 13.0. The molecule has 2 rings (SSSR count). The standard InChI is InChI=1S/C15H16N2S/c1-11-7-15(18-12(11)2)10-17-9-14-5-3-13(8-16)4-6-14/h3-7,17H,9-10H2,1-2H3. The highest BCUT2D eigenvalue weighted by molar-refractivity contribution is 7.12. The van der Waals surface area contributed by atoms with Gasteiger partial charge < -0.3 is 5.32 Å². The quantitative estimate of drug-likeness (QED) is 0.908. The second kappa shape index (κ2) is 5.81. The van der Waals surface area contributed by atoms with Crippen LogP contribution in [0.1, 0.15) is 26.4 Å². The summed E-state index contributed by atoms with van der Waals surface area (Å²) in [6, 6.07) is 12.1. The summed E-state index contributed by atoms with van der Waals surface area (Å²) < 4.78 is 0. The zero-order valence-electron chi connectivity index (χ0n) is 10.7. The molecular weight excluding hydrogens is 240 g/mol. The molecule has 0 bridgehead atoms. The molecule has 92 valence electrons. The lowest BCUT2D eigenvalue weighted by Gasteiger charge is -2.03. The molecule has 1 N–H and O–H groups in total. The largest absolute Gasteiger partial charge is 0.308 e. The fraction of sp³-hybridized carbons (Fsp3) is 0.267. The number of nitrogens with zero attached hydrogens (tertiary/aromatic N) is 1. The van der Waals surface area contributed by atoms with E-state index in [-0.39, 0.29) is 0 Å². The third-order valence-corrected chi connectivity index (χ3v) is 4.08. The van der Waals surface area contributed by atoms with Crippen LogP contribution >= 0.6 is 11.3 Å². The van der Waals surface area contributed by atoms with Crippen molar-refractivity contribution >= 4 is 11.3 Å². The molecule has 0 radical (unpaired) electrons. The van der Waals surface area contributed by atoms with E-state index in [2.05, 4.69) is 31.3 Å². The molecule has 18 heavy (non-hydrogen) atoms. The van der Waals surface area contributed by atoms with E-state index in [9.17, 15) is 0 Å². The third kappa shape index (κ3) is 3.19. The lowest BCUT2D eigenvalue weighted by Crippen LogP contribution is -2.11. The topological polar surface area (TPSA) is 35.8 Å². The molecule has 2 aromatic rings. The lowest BCUT2D eigenvalue weighted by molar-refractivity contribution is 0.701. The van der Waals surface area contributed by atoms with Crippen molar-refractivity contribution in [3.63, 3.8) is 0 Å². The van der Waals surface area contributed by atoms with Gasteiger partial charge in [0.2, 0.25) is 0 Å². The molecule has 0 saturated carbocycles. The fourth-order valence-electron chi connectivity index (χ4n) is 1.76. The van der Waals surface area contributed by atoms with E-state index in [1.165, 1.54) is 20.9 Å². The molecule has 0 spiro atoms. The number of nitrogens with one attached hydrogen (secondary N) is 1. The SMILES string of the molecule is Cc1cc(CNCc2ccc(C#N)cc2)sc1C. The summed E-state index contributed by atoms with van der Waals surface area (Å²) in [5.74, 6) is 0. The first-order chi connectivity index (χ1) is 8.69. The molecule has 2 nitrogen and oxygen atoms in total. The van der Waals surface area contributed by atoms with Gasteiger partial charge in [0.25, 0.3) is 0 Å². The van der Waals surface area contributed by atoms with Crippen molar-refractivity contribution in [2.75, 3.05) is 0 Å². The van der Waals surface area contributed by atoms with Gasteiger partial charge in [0, 0.05) is 22.8 Å². The van der Waals surface area contributed by atoms with Crippen LogP contribution in [0.3, 0.4) is 0 Å². The highest BCUT2D eigenvalue weighted by Gasteiger charge is 2.01. The number of rotatable bonds is 4. The zero-order valence-corrected chi connectivity index (χ0v) is 11.5. The Hall–Kier alpha value is -1.63.